The maximum absolute atomic E-state index is 11.6. The fourth-order valence-corrected chi connectivity index (χ4v) is 8.24. The minimum atomic E-state index is -1.11. The van der Waals surface area contributed by atoms with E-state index in [0.29, 0.717) is 59.2 Å². The molecule has 2 aliphatic carbocycles. The SMILES string of the molecule is CCOc1cc(O[C@H]2CCc3c(-c4cccc5c4CC[C@@H]5Oc4cc(OCC)c(CN(C)[C@@H](CO)C(=O)O)cc4Cl)cccc32)c(Cl)cc1CN(C)CCO.O=C=O. The average molecular weight is 838 g/mol. The molecule has 0 amide bonds. The summed E-state index contributed by atoms with van der Waals surface area (Å²) in [6, 6.07) is 19.1. The van der Waals surface area contributed by atoms with E-state index in [4.69, 9.17) is 51.7 Å². The van der Waals surface area contributed by atoms with Gasteiger partial charge in [0.1, 0.15) is 41.2 Å². The van der Waals surface area contributed by atoms with E-state index in [1.165, 1.54) is 22.3 Å². The van der Waals surface area contributed by atoms with Gasteiger partial charge in [0, 0.05) is 42.9 Å². The fourth-order valence-electron chi connectivity index (χ4n) is 7.77. The lowest BCUT2D eigenvalue weighted by molar-refractivity contribution is -0.191. The monoisotopic (exact) mass is 836 g/mol. The lowest BCUT2D eigenvalue weighted by Crippen LogP contribution is -2.40. The van der Waals surface area contributed by atoms with Crippen molar-refractivity contribution >= 4 is 35.3 Å². The molecule has 0 saturated carbocycles. The number of hydrogen-bond acceptors (Lipinski definition) is 11. The van der Waals surface area contributed by atoms with Gasteiger partial charge in [0.25, 0.3) is 0 Å². The fraction of sp³-hybridized carbons (Fsp3) is 0.409. The zero-order chi connectivity index (χ0) is 41.9. The van der Waals surface area contributed by atoms with E-state index in [2.05, 4.69) is 36.4 Å². The molecule has 0 fully saturated rings. The molecule has 0 heterocycles. The van der Waals surface area contributed by atoms with Crippen LogP contribution in [0.1, 0.15) is 72.3 Å². The van der Waals surface area contributed by atoms with Crippen molar-refractivity contribution in [2.75, 3.05) is 47.1 Å². The van der Waals surface area contributed by atoms with Crippen LogP contribution in [0.5, 0.6) is 23.0 Å². The van der Waals surface area contributed by atoms with Crippen LogP contribution in [0.4, 0.5) is 0 Å². The molecule has 0 spiro atoms. The summed E-state index contributed by atoms with van der Waals surface area (Å²) in [7, 11) is 3.59. The van der Waals surface area contributed by atoms with Gasteiger partial charge in [0.15, 0.2) is 0 Å². The van der Waals surface area contributed by atoms with Crippen molar-refractivity contribution in [2.24, 2.45) is 0 Å². The number of rotatable bonds is 18. The third-order valence-electron chi connectivity index (χ3n) is 10.4. The highest BCUT2D eigenvalue weighted by Crippen LogP contribution is 2.47. The first-order valence-electron chi connectivity index (χ1n) is 19.3. The summed E-state index contributed by atoms with van der Waals surface area (Å²) in [5, 5.41) is 29.4. The van der Waals surface area contributed by atoms with Crippen LogP contribution in [0.3, 0.4) is 0 Å². The molecule has 58 heavy (non-hydrogen) atoms. The highest BCUT2D eigenvalue weighted by atomic mass is 35.5. The van der Waals surface area contributed by atoms with Gasteiger partial charge in [-0.2, -0.15) is 9.59 Å². The molecule has 4 aromatic carbocycles. The van der Waals surface area contributed by atoms with E-state index >= 15 is 0 Å². The summed E-state index contributed by atoms with van der Waals surface area (Å²) >= 11 is 13.6. The molecule has 310 valence electrons. The first-order valence-corrected chi connectivity index (χ1v) is 20.0. The predicted octanol–water partition coefficient (Wildman–Crippen LogP) is 7.31. The summed E-state index contributed by atoms with van der Waals surface area (Å²) < 4.78 is 25.2. The number of carboxylic acid groups (broad SMARTS) is 1. The standard InChI is InChI=1S/C43H50Cl2N2O8.CO2/c1-5-52-39-21-41(34(44)19-26(39)23-46(3)17-18-48)54-37-15-13-30-28(9-7-11-32(30)37)29-10-8-12-33-31(29)14-16-38(33)55-42-22-40(53-6-2)27(20-35(42)45)24-47(4)36(25-49)43(50)51;2-1-3/h7-12,19-22,36-38,48-49H,5-6,13-18,23-25H2,1-4H3,(H,50,51);/t36-,37-,38-;/m0./s1. The Morgan fingerprint density at radius 3 is 1.66 bits per heavy atom. The number of ether oxygens (including phenoxy) is 4. The van der Waals surface area contributed by atoms with E-state index in [1.807, 2.05) is 37.9 Å². The molecule has 3 atom stereocenters. The van der Waals surface area contributed by atoms with Crippen LogP contribution >= 0.6 is 23.2 Å². The number of aliphatic hydroxyl groups excluding tert-OH is 2. The third kappa shape index (κ3) is 10.3. The lowest BCUT2D eigenvalue weighted by Gasteiger charge is -2.25. The summed E-state index contributed by atoms with van der Waals surface area (Å²) in [6.07, 6.45) is 3.16. The Hall–Kier alpha value is -4.65. The van der Waals surface area contributed by atoms with Crippen LogP contribution < -0.4 is 18.9 Å². The van der Waals surface area contributed by atoms with Crippen LogP contribution in [0, 0.1) is 0 Å². The first kappa shape index (κ1) is 44.5. The number of likely N-dealkylation sites (N-methyl/N-ethyl adjacent to an activating group) is 2. The Morgan fingerprint density at radius 2 is 1.24 bits per heavy atom. The third-order valence-corrected chi connectivity index (χ3v) is 11.0. The van der Waals surface area contributed by atoms with E-state index < -0.39 is 18.6 Å². The maximum atomic E-state index is 11.6. The van der Waals surface area contributed by atoms with Crippen molar-refractivity contribution in [3.8, 4) is 34.1 Å². The summed E-state index contributed by atoms with van der Waals surface area (Å²) in [6.45, 7) is 5.65. The molecule has 0 radical (unpaired) electrons. The number of aliphatic hydroxyl groups is 2. The molecule has 6 rings (SSSR count). The minimum absolute atomic E-state index is 0.0733. The molecular formula is C44H50Cl2N2O10. The normalized spacial score (nSPS) is 15.9. The zero-order valence-electron chi connectivity index (χ0n) is 33.1. The van der Waals surface area contributed by atoms with E-state index in [1.54, 1.807) is 24.1 Å². The molecule has 0 aliphatic heterocycles. The van der Waals surface area contributed by atoms with Crippen molar-refractivity contribution in [1.29, 1.82) is 0 Å². The van der Waals surface area contributed by atoms with Crippen molar-refractivity contribution < 1.29 is 48.7 Å². The summed E-state index contributed by atoms with van der Waals surface area (Å²) in [4.78, 5) is 31.4. The number of benzene rings is 4. The van der Waals surface area contributed by atoms with Gasteiger partial charge >= 0.3 is 12.1 Å². The smallest absolute Gasteiger partial charge is 0.373 e. The summed E-state index contributed by atoms with van der Waals surface area (Å²) in [5.74, 6) is 1.25. The molecule has 3 N–H and O–H groups in total. The van der Waals surface area contributed by atoms with Gasteiger partial charge in [-0.15, -0.1) is 0 Å². The van der Waals surface area contributed by atoms with Gasteiger partial charge in [0.05, 0.1) is 36.5 Å². The number of hydrogen-bond donors (Lipinski definition) is 3. The maximum Gasteiger partial charge on any atom is 0.373 e. The number of fused-ring (bicyclic) bond motifs is 2. The average Bonchev–Trinajstić information content (AvgIpc) is 3.80. The predicted molar refractivity (Wildman–Crippen MR) is 219 cm³/mol. The Balaban J connectivity index is 0.00000207. The second-order valence-electron chi connectivity index (χ2n) is 14.2. The molecule has 2 aliphatic rings. The Kier molecular flexibility index (Phi) is 16.0. The van der Waals surface area contributed by atoms with Gasteiger partial charge in [-0.05, 0) is 99.1 Å². The van der Waals surface area contributed by atoms with Crippen LogP contribution in [0.25, 0.3) is 11.1 Å². The van der Waals surface area contributed by atoms with Crippen molar-refractivity contribution in [1.82, 2.24) is 9.80 Å². The molecule has 0 saturated heterocycles. The Morgan fingerprint density at radius 1 is 0.776 bits per heavy atom. The molecule has 0 bridgehead atoms. The molecule has 0 unspecified atom stereocenters. The van der Waals surface area contributed by atoms with E-state index in [-0.39, 0.29) is 31.5 Å². The highest BCUT2D eigenvalue weighted by molar-refractivity contribution is 6.32. The van der Waals surface area contributed by atoms with Gasteiger partial charge in [0.2, 0.25) is 0 Å². The number of carbonyl (C=O) groups excluding carboxylic acids is 2. The first-order chi connectivity index (χ1) is 28.0. The second-order valence-corrected chi connectivity index (χ2v) is 15.0. The zero-order valence-corrected chi connectivity index (χ0v) is 34.6. The largest absolute Gasteiger partial charge is 0.493 e. The van der Waals surface area contributed by atoms with Crippen molar-refractivity contribution in [3.05, 3.63) is 104 Å². The molecule has 14 heteroatoms. The van der Waals surface area contributed by atoms with Crippen LogP contribution in [-0.2, 0) is 40.3 Å². The molecule has 0 aromatic heterocycles. The van der Waals surface area contributed by atoms with Crippen molar-refractivity contribution in [3.63, 3.8) is 0 Å². The molecule has 12 nitrogen and oxygen atoms in total. The van der Waals surface area contributed by atoms with Gasteiger partial charge < -0.3 is 34.3 Å². The number of aliphatic carboxylic acids is 1. The van der Waals surface area contributed by atoms with Crippen LogP contribution in [0.15, 0.2) is 60.7 Å². The van der Waals surface area contributed by atoms with Gasteiger partial charge in [-0.25, -0.2) is 0 Å². The number of carboxylic acids is 1. The minimum Gasteiger partial charge on any atom is -0.493 e. The van der Waals surface area contributed by atoms with Crippen molar-refractivity contribution in [2.45, 2.75) is 70.9 Å². The number of halogens is 2. The Bertz CT molecular complexity index is 2090. The van der Waals surface area contributed by atoms with E-state index in [0.717, 1.165) is 48.1 Å². The topological polar surface area (TPSA) is 155 Å². The van der Waals surface area contributed by atoms with Crippen LogP contribution in [0.2, 0.25) is 10.0 Å². The quantitative estimate of drug-likeness (QED) is 0.0921. The lowest BCUT2D eigenvalue weighted by atomic mass is 9.91. The van der Waals surface area contributed by atoms with E-state index in [9.17, 15) is 20.1 Å². The molecule has 4 aromatic rings. The highest BCUT2D eigenvalue weighted by Gasteiger charge is 2.32. The van der Waals surface area contributed by atoms with Gasteiger partial charge in [-0.3, -0.25) is 14.6 Å². The number of nitrogens with zero attached hydrogens (tertiary/aromatic N) is 2. The number of carbonyl (C=O) groups is 1. The molecular weight excluding hydrogens is 787 g/mol. The Labute approximate surface area is 348 Å². The van der Waals surface area contributed by atoms with Crippen LogP contribution in [-0.4, -0.2) is 90.3 Å². The summed E-state index contributed by atoms with van der Waals surface area (Å²) in [5.41, 5.74) is 8.80. The second kappa shape index (κ2) is 20.9. The van der Waals surface area contributed by atoms with Gasteiger partial charge in [-0.1, -0.05) is 59.6 Å².